The van der Waals surface area contributed by atoms with Gasteiger partial charge in [-0.1, -0.05) is 12.1 Å². The number of para-hydroxylation sites is 1. The second-order valence-corrected chi connectivity index (χ2v) is 4.55. The molecule has 0 atom stereocenters. The fourth-order valence-electron chi connectivity index (χ4n) is 2.00. The Balaban J connectivity index is 2.45. The average Bonchev–Trinajstić information content (AvgIpc) is 2.68. The molecular weight excluding hydrogens is 266 g/mol. The van der Waals surface area contributed by atoms with E-state index < -0.39 is 0 Å². The molecular formula is C13H10BrNO. The second-order valence-electron chi connectivity index (χ2n) is 3.70. The summed E-state index contributed by atoms with van der Waals surface area (Å²) in [7, 11) is 1.68. The normalized spacial score (nSPS) is 11.1. The van der Waals surface area contributed by atoms with Gasteiger partial charge in [0, 0.05) is 21.3 Å². The number of benzene rings is 2. The van der Waals surface area contributed by atoms with Gasteiger partial charge in [0.05, 0.1) is 18.1 Å². The zero-order valence-corrected chi connectivity index (χ0v) is 10.3. The van der Waals surface area contributed by atoms with Gasteiger partial charge in [-0.15, -0.1) is 0 Å². The van der Waals surface area contributed by atoms with Crippen molar-refractivity contribution in [3.05, 3.63) is 40.9 Å². The lowest BCUT2D eigenvalue weighted by molar-refractivity contribution is 0.415. The molecule has 2 nitrogen and oxygen atoms in total. The first-order chi connectivity index (χ1) is 7.79. The minimum absolute atomic E-state index is 0.871. The van der Waals surface area contributed by atoms with Gasteiger partial charge in [-0.3, -0.25) is 0 Å². The quantitative estimate of drug-likeness (QED) is 0.711. The molecule has 0 saturated heterocycles. The lowest BCUT2D eigenvalue weighted by atomic mass is 10.1. The summed E-state index contributed by atoms with van der Waals surface area (Å²) in [5, 5.41) is 2.45. The Hall–Kier alpha value is -1.48. The number of H-pyrrole nitrogens is 1. The van der Waals surface area contributed by atoms with E-state index in [1.54, 1.807) is 7.11 Å². The Morgan fingerprint density at radius 3 is 2.81 bits per heavy atom. The van der Waals surface area contributed by atoms with Crippen molar-refractivity contribution < 1.29 is 4.74 Å². The SMILES string of the molecule is COc1ccc2c(c1)[nH]c1c(Br)cccc12. The molecule has 0 aliphatic rings. The molecule has 3 rings (SSSR count). The predicted molar refractivity (Wildman–Crippen MR) is 70.1 cm³/mol. The van der Waals surface area contributed by atoms with E-state index in [0.29, 0.717) is 0 Å². The summed E-state index contributed by atoms with van der Waals surface area (Å²) in [4.78, 5) is 3.39. The van der Waals surface area contributed by atoms with Crippen LogP contribution in [-0.2, 0) is 0 Å². The summed E-state index contributed by atoms with van der Waals surface area (Å²) < 4.78 is 6.30. The molecule has 1 aromatic heterocycles. The smallest absolute Gasteiger partial charge is 0.120 e. The monoisotopic (exact) mass is 275 g/mol. The number of rotatable bonds is 1. The second kappa shape index (κ2) is 3.52. The van der Waals surface area contributed by atoms with E-state index in [0.717, 1.165) is 21.3 Å². The molecule has 0 unspecified atom stereocenters. The molecule has 0 saturated carbocycles. The van der Waals surface area contributed by atoms with E-state index in [9.17, 15) is 0 Å². The number of aromatic amines is 1. The number of ether oxygens (including phenoxy) is 1. The Morgan fingerprint density at radius 2 is 2.00 bits per heavy atom. The topological polar surface area (TPSA) is 25.0 Å². The average molecular weight is 276 g/mol. The van der Waals surface area contributed by atoms with Crippen LogP contribution in [0.15, 0.2) is 40.9 Å². The van der Waals surface area contributed by atoms with Crippen molar-refractivity contribution >= 4 is 37.7 Å². The van der Waals surface area contributed by atoms with Crippen LogP contribution < -0.4 is 4.74 Å². The van der Waals surface area contributed by atoms with Gasteiger partial charge < -0.3 is 9.72 Å². The maximum Gasteiger partial charge on any atom is 0.120 e. The molecule has 16 heavy (non-hydrogen) atoms. The fourth-order valence-corrected chi connectivity index (χ4v) is 2.46. The fraction of sp³-hybridized carbons (Fsp3) is 0.0769. The number of nitrogens with one attached hydrogen (secondary N) is 1. The van der Waals surface area contributed by atoms with Crippen LogP contribution in [0.4, 0.5) is 0 Å². The van der Waals surface area contributed by atoms with Crippen molar-refractivity contribution in [3.63, 3.8) is 0 Å². The highest BCUT2D eigenvalue weighted by atomic mass is 79.9. The highest BCUT2D eigenvalue weighted by Gasteiger charge is 2.06. The van der Waals surface area contributed by atoms with Crippen molar-refractivity contribution in [1.29, 1.82) is 0 Å². The largest absolute Gasteiger partial charge is 0.497 e. The number of aromatic nitrogens is 1. The lowest BCUT2D eigenvalue weighted by Crippen LogP contribution is -1.80. The Kier molecular flexibility index (Phi) is 2.14. The maximum absolute atomic E-state index is 5.22. The third kappa shape index (κ3) is 1.32. The van der Waals surface area contributed by atoms with Crippen LogP contribution in [0.3, 0.4) is 0 Å². The summed E-state index contributed by atoms with van der Waals surface area (Å²) >= 11 is 3.55. The van der Waals surface area contributed by atoms with Gasteiger partial charge in [-0.25, -0.2) is 0 Å². The van der Waals surface area contributed by atoms with Gasteiger partial charge in [-0.05, 0) is 34.1 Å². The van der Waals surface area contributed by atoms with Crippen LogP contribution in [0.2, 0.25) is 0 Å². The summed E-state index contributed by atoms with van der Waals surface area (Å²) in [5.41, 5.74) is 2.23. The third-order valence-corrected chi connectivity index (χ3v) is 3.45. The van der Waals surface area contributed by atoms with Crippen LogP contribution in [0, 0.1) is 0 Å². The Bertz CT molecular complexity index is 672. The van der Waals surface area contributed by atoms with Gasteiger partial charge in [-0.2, -0.15) is 0 Å². The van der Waals surface area contributed by atoms with Crippen molar-refractivity contribution in [3.8, 4) is 5.75 Å². The molecule has 0 aliphatic heterocycles. The van der Waals surface area contributed by atoms with Gasteiger partial charge in [0.2, 0.25) is 0 Å². The third-order valence-electron chi connectivity index (χ3n) is 2.79. The minimum atomic E-state index is 0.871. The van der Waals surface area contributed by atoms with Gasteiger partial charge in [0.15, 0.2) is 0 Å². The van der Waals surface area contributed by atoms with Gasteiger partial charge in [0.1, 0.15) is 5.75 Å². The molecule has 0 amide bonds. The van der Waals surface area contributed by atoms with Gasteiger partial charge >= 0.3 is 0 Å². The number of hydrogen-bond acceptors (Lipinski definition) is 1. The summed E-state index contributed by atoms with van der Waals surface area (Å²) in [6.07, 6.45) is 0. The zero-order chi connectivity index (χ0) is 11.1. The molecule has 0 bridgehead atoms. The number of hydrogen-bond donors (Lipinski definition) is 1. The number of halogens is 1. The van der Waals surface area contributed by atoms with E-state index in [2.05, 4.69) is 33.0 Å². The van der Waals surface area contributed by atoms with E-state index >= 15 is 0 Å². The van der Waals surface area contributed by atoms with Crippen molar-refractivity contribution in [1.82, 2.24) is 4.98 Å². The van der Waals surface area contributed by atoms with E-state index in [1.807, 2.05) is 24.3 Å². The van der Waals surface area contributed by atoms with Gasteiger partial charge in [0.25, 0.3) is 0 Å². The zero-order valence-electron chi connectivity index (χ0n) is 8.75. The van der Waals surface area contributed by atoms with Crippen LogP contribution in [0.5, 0.6) is 5.75 Å². The molecule has 3 aromatic rings. The van der Waals surface area contributed by atoms with E-state index in [1.165, 1.54) is 10.8 Å². The first-order valence-corrected chi connectivity index (χ1v) is 5.83. The summed E-state index contributed by atoms with van der Waals surface area (Å²) in [6.45, 7) is 0. The molecule has 2 aromatic carbocycles. The molecule has 0 radical (unpaired) electrons. The first-order valence-electron chi connectivity index (χ1n) is 5.03. The minimum Gasteiger partial charge on any atom is -0.497 e. The van der Waals surface area contributed by atoms with Crippen molar-refractivity contribution in [2.75, 3.05) is 7.11 Å². The predicted octanol–water partition coefficient (Wildman–Crippen LogP) is 4.09. The number of fused-ring (bicyclic) bond motifs is 3. The lowest BCUT2D eigenvalue weighted by Gasteiger charge is -1.98. The first kappa shape index (κ1) is 9.73. The molecule has 80 valence electrons. The highest BCUT2D eigenvalue weighted by molar-refractivity contribution is 9.10. The summed E-state index contributed by atoms with van der Waals surface area (Å²) in [6, 6.07) is 12.3. The van der Waals surface area contributed by atoms with Crippen molar-refractivity contribution in [2.24, 2.45) is 0 Å². The number of methoxy groups -OCH3 is 1. The van der Waals surface area contributed by atoms with Crippen LogP contribution in [0.25, 0.3) is 21.8 Å². The van der Waals surface area contributed by atoms with Crippen molar-refractivity contribution in [2.45, 2.75) is 0 Å². The van der Waals surface area contributed by atoms with Crippen LogP contribution in [-0.4, -0.2) is 12.1 Å². The van der Waals surface area contributed by atoms with Crippen LogP contribution >= 0.6 is 15.9 Å². The maximum atomic E-state index is 5.22. The molecule has 3 heteroatoms. The molecule has 1 N–H and O–H groups in total. The Labute approximate surface area is 101 Å². The van der Waals surface area contributed by atoms with Crippen LogP contribution in [0.1, 0.15) is 0 Å². The molecule has 1 heterocycles. The van der Waals surface area contributed by atoms with E-state index in [4.69, 9.17) is 4.74 Å². The molecule has 0 spiro atoms. The van der Waals surface area contributed by atoms with E-state index in [-0.39, 0.29) is 0 Å². The highest BCUT2D eigenvalue weighted by Crippen LogP contribution is 2.31. The molecule has 0 aliphatic carbocycles. The standard InChI is InChI=1S/C13H10BrNO/c1-16-8-5-6-9-10-3-2-4-11(14)13(10)15-12(9)7-8/h2-7,15H,1H3. The molecule has 0 fully saturated rings. The summed E-state index contributed by atoms with van der Waals surface area (Å²) in [5.74, 6) is 0.871. The Morgan fingerprint density at radius 1 is 1.12 bits per heavy atom.